The molecule has 2 aliphatic rings. The molecule has 1 saturated heterocycles. The number of aromatic nitrogens is 1. The number of carbonyl (C=O) groups is 1. The van der Waals surface area contributed by atoms with E-state index >= 15 is 0 Å². The van der Waals surface area contributed by atoms with Gasteiger partial charge in [-0.2, -0.15) is 0 Å². The zero-order valence-corrected chi connectivity index (χ0v) is 18.0. The number of pyridine rings is 1. The Kier molecular flexibility index (Phi) is 5.16. The molecular weight excluding hydrogens is 411 g/mol. The van der Waals surface area contributed by atoms with E-state index in [0.717, 1.165) is 40.1 Å². The first-order chi connectivity index (χ1) is 15.0. The second kappa shape index (κ2) is 7.98. The number of rotatable bonds is 4. The molecule has 31 heavy (non-hydrogen) atoms. The highest BCUT2D eigenvalue weighted by atomic mass is 32.2. The molecule has 2 aliphatic heterocycles. The molecular formula is C24H23FN4OS. The summed E-state index contributed by atoms with van der Waals surface area (Å²) in [5.74, 6) is -0.285. The summed E-state index contributed by atoms with van der Waals surface area (Å²) in [6.07, 6.45) is 2.45. The highest BCUT2D eigenvalue weighted by Crippen LogP contribution is 2.38. The van der Waals surface area contributed by atoms with E-state index in [1.807, 2.05) is 30.0 Å². The first-order valence-corrected chi connectivity index (χ1v) is 11.2. The van der Waals surface area contributed by atoms with Crippen LogP contribution < -0.4 is 14.9 Å². The van der Waals surface area contributed by atoms with Crippen LogP contribution in [0.3, 0.4) is 0 Å². The van der Waals surface area contributed by atoms with Crippen LogP contribution in [0.1, 0.15) is 12.5 Å². The smallest absolute Gasteiger partial charge is 0.233 e. The van der Waals surface area contributed by atoms with Crippen LogP contribution in [0.25, 0.3) is 11.3 Å². The number of hydrogen-bond acceptors (Lipinski definition) is 5. The average molecular weight is 435 g/mol. The fraction of sp³-hybridized carbons (Fsp3) is 0.250. The number of nitrogens with zero attached hydrogens (tertiary/aromatic N) is 3. The first kappa shape index (κ1) is 20.0. The maximum atomic E-state index is 14.1. The number of amides is 1. The van der Waals surface area contributed by atoms with Gasteiger partial charge < -0.3 is 9.80 Å². The number of fused-ring (bicyclic) bond motifs is 1. The zero-order valence-electron chi connectivity index (χ0n) is 17.2. The minimum atomic E-state index is -0.322. The fourth-order valence-corrected chi connectivity index (χ4v) is 4.81. The molecule has 0 spiro atoms. The quantitative estimate of drug-likeness (QED) is 0.622. The summed E-state index contributed by atoms with van der Waals surface area (Å²) < 4.78 is 14.1. The lowest BCUT2D eigenvalue weighted by molar-refractivity contribution is -0.123. The van der Waals surface area contributed by atoms with Gasteiger partial charge in [0.1, 0.15) is 5.82 Å². The SMILES string of the molecule is CC1Cc2cc(F)c(SN)cc2N1C(=O)C1CN(c2ccc(-c3ccccn3)cc2)C1. The fourth-order valence-electron chi connectivity index (χ4n) is 4.46. The van der Waals surface area contributed by atoms with E-state index in [9.17, 15) is 9.18 Å². The van der Waals surface area contributed by atoms with E-state index in [0.29, 0.717) is 24.4 Å². The van der Waals surface area contributed by atoms with Crippen molar-refractivity contribution < 1.29 is 9.18 Å². The molecule has 0 bridgehead atoms. The number of anilines is 2. The highest BCUT2D eigenvalue weighted by molar-refractivity contribution is 7.97. The van der Waals surface area contributed by atoms with Gasteiger partial charge in [-0.05, 0) is 67.3 Å². The van der Waals surface area contributed by atoms with Gasteiger partial charge in [0.05, 0.1) is 16.5 Å². The standard InChI is InChI=1S/C24H23FN4OS/c1-15-10-17-11-20(25)23(31-26)12-22(17)29(15)24(30)18-13-28(14-18)19-7-5-16(6-8-19)21-4-2-3-9-27-21/h2-9,11-12,15,18H,10,13-14,26H2,1H3. The molecule has 158 valence electrons. The summed E-state index contributed by atoms with van der Waals surface area (Å²) in [5, 5.41) is 5.59. The summed E-state index contributed by atoms with van der Waals surface area (Å²) in [6, 6.07) is 17.4. The van der Waals surface area contributed by atoms with E-state index < -0.39 is 0 Å². The van der Waals surface area contributed by atoms with Crippen molar-refractivity contribution in [2.75, 3.05) is 22.9 Å². The lowest BCUT2D eigenvalue weighted by atomic mass is 9.96. The number of hydrogen-bond donors (Lipinski definition) is 1. The van der Waals surface area contributed by atoms with Gasteiger partial charge in [-0.1, -0.05) is 18.2 Å². The molecule has 1 aromatic heterocycles. The van der Waals surface area contributed by atoms with Crippen molar-refractivity contribution in [2.24, 2.45) is 11.1 Å². The summed E-state index contributed by atoms with van der Waals surface area (Å²) in [7, 11) is 0. The highest BCUT2D eigenvalue weighted by Gasteiger charge is 2.40. The molecule has 0 radical (unpaired) electrons. The second-order valence-corrected chi connectivity index (χ2v) is 8.83. The van der Waals surface area contributed by atoms with Gasteiger partial charge in [-0.15, -0.1) is 0 Å². The van der Waals surface area contributed by atoms with Crippen molar-refractivity contribution in [3.63, 3.8) is 0 Å². The molecule has 3 heterocycles. The number of nitrogens with two attached hydrogens (primary N) is 1. The van der Waals surface area contributed by atoms with Crippen LogP contribution in [0.5, 0.6) is 0 Å². The third-order valence-corrected chi connectivity index (χ3v) is 6.70. The number of benzene rings is 2. The lowest BCUT2D eigenvalue weighted by Crippen LogP contribution is -2.55. The van der Waals surface area contributed by atoms with Gasteiger partial charge in [0.15, 0.2) is 0 Å². The van der Waals surface area contributed by atoms with E-state index in [-0.39, 0.29) is 23.7 Å². The van der Waals surface area contributed by atoms with Gasteiger partial charge >= 0.3 is 0 Å². The molecule has 1 atom stereocenters. The Morgan fingerprint density at radius 2 is 1.94 bits per heavy atom. The van der Waals surface area contributed by atoms with Crippen LogP contribution >= 0.6 is 11.9 Å². The monoisotopic (exact) mass is 434 g/mol. The van der Waals surface area contributed by atoms with Crippen molar-refractivity contribution in [1.82, 2.24) is 4.98 Å². The van der Waals surface area contributed by atoms with Crippen molar-refractivity contribution in [3.8, 4) is 11.3 Å². The molecule has 1 fully saturated rings. The summed E-state index contributed by atoms with van der Waals surface area (Å²) in [4.78, 5) is 22.1. The summed E-state index contributed by atoms with van der Waals surface area (Å²) >= 11 is 0.876. The van der Waals surface area contributed by atoms with E-state index in [1.165, 1.54) is 6.07 Å². The van der Waals surface area contributed by atoms with E-state index in [4.69, 9.17) is 5.14 Å². The minimum absolute atomic E-state index is 0.0200. The Morgan fingerprint density at radius 3 is 2.61 bits per heavy atom. The third-order valence-electron chi connectivity index (χ3n) is 6.14. The minimum Gasteiger partial charge on any atom is -0.370 e. The van der Waals surface area contributed by atoms with Gasteiger partial charge in [-0.3, -0.25) is 14.9 Å². The largest absolute Gasteiger partial charge is 0.370 e. The molecule has 2 aromatic carbocycles. The Hall–Kier alpha value is -2.90. The predicted octanol–water partition coefficient (Wildman–Crippen LogP) is 4.27. The molecule has 0 saturated carbocycles. The molecule has 5 rings (SSSR count). The van der Waals surface area contributed by atoms with Gasteiger partial charge in [0.25, 0.3) is 0 Å². The second-order valence-electron chi connectivity index (χ2n) is 8.15. The molecule has 5 nitrogen and oxygen atoms in total. The van der Waals surface area contributed by atoms with Gasteiger partial charge in [0.2, 0.25) is 5.91 Å². The molecule has 0 aliphatic carbocycles. The zero-order chi connectivity index (χ0) is 21.5. The average Bonchev–Trinajstić information content (AvgIpc) is 3.07. The maximum Gasteiger partial charge on any atom is 0.233 e. The van der Waals surface area contributed by atoms with Gasteiger partial charge in [-0.25, -0.2) is 4.39 Å². The van der Waals surface area contributed by atoms with Crippen LogP contribution in [0.15, 0.2) is 65.7 Å². The molecule has 1 unspecified atom stereocenters. The van der Waals surface area contributed by atoms with Crippen LogP contribution in [0, 0.1) is 11.7 Å². The molecule has 3 aromatic rings. The van der Waals surface area contributed by atoms with Crippen molar-refractivity contribution in [2.45, 2.75) is 24.3 Å². The van der Waals surface area contributed by atoms with Crippen molar-refractivity contribution in [3.05, 3.63) is 72.2 Å². The van der Waals surface area contributed by atoms with Crippen LogP contribution in [0.4, 0.5) is 15.8 Å². The molecule has 7 heteroatoms. The van der Waals surface area contributed by atoms with Crippen LogP contribution in [-0.2, 0) is 11.2 Å². The number of halogens is 1. The van der Waals surface area contributed by atoms with E-state index in [1.54, 1.807) is 12.3 Å². The Morgan fingerprint density at radius 1 is 1.16 bits per heavy atom. The Labute approximate surface area is 185 Å². The van der Waals surface area contributed by atoms with E-state index in [2.05, 4.69) is 34.1 Å². The maximum absolute atomic E-state index is 14.1. The molecule has 1 amide bonds. The van der Waals surface area contributed by atoms with Crippen LogP contribution in [-0.4, -0.2) is 30.0 Å². The van der Waals surface area contributed by atoms with Crippen molar-refractivity contribution in [1.29, 1.82) is 0 Å². The topological polar surface area (TPSA) is 62.5 Å². The Bertz CT molecular complexity index is 1120. The predicted molar refractivity (Wildman–Crippen MR) is 122 cm³/mol. The van der Waals surface area contributed by atoms with Crippen LogP contribution in [0.2, 0.25) is 0 Å². The first-order valence-electron chi connectivity index (χ1n) is 10.3. The third kappa shape index (κ3) is 3.58. The van der Waals surface area contributed by atoms with Crippen molar-refractivity contribution >= 4 is 29.2 Å². The summed E-state index contributed by atoms with van der Waals surface area (Å²) in [6.45, 7) is 3.37. The van der Waals surface area contributed by atoms with Gasteiger partial charge in [0, 0.05) is 42.3 Å². The number of carbonyl (C=O) groups excluding carboxylic acids is 1. The molecule has 2 N–H and O–H groups in total. The summed E-state index contributed by atoms with van der Waals surface area (Å²) in [5.41, 5.74) is 4.78. The Balaban J connectivity index is 1.28. The normalized spacial score (nSPS) is 18.1. The lowest BCUT2D eigenvalue weighted by Gasteiger charge is -2.42.